The molecule has 3 rings (SSSR count). The number of nitrogens with zero attached hydrogens (tertiary/aromatic N) is 3. The molecule has 1 fully saturated rings. The molecule has 0 aliphatic carbocycles. The molecule has 0 aromatic carbocycles. The summed E-state index contributed by atoms with van der Waals surface area (Å²) >= 11 is 0. The summed E-state index contributed by atoms with van der Waals surface area (Å²) < 4.78 is 0. The van der Waals surface area contributed by atoms with Crippen LogP contribution in [0.5, 0.6) is 0 Å². The Kier molecular flexibility index (Phi) is 7.74. The van der Waals surface area contributed by atoms with Gasteiger partial charge in [-0.1, -0.05) is 0 Å². The van der Waals surface area contributed by atoms with Gasteiger partial charge in [0, 0.05) is 38.6 Å². The minimum Gasteiger partial charge on any atom is -0.368 e. The lowest BCUT2D eigenvalue weighted by molar-refractivity contribution is 0.102. The van der Waals surface area contributed by atoms with Gasteiger partial charge in [-0.25, -0.2) is 4.98 Å². The Morgan fingerprint density at radius 1 is 1.13 bits per heavy atom. The Morgan fingerprint density at radius 3 is 2.52 bits per heavy atom. The summed E-state index contributed by atoms with van der Waals surface area (Å²) in [5, 5.41) is 6.08. The van der Waals surface area contributed by atoms with Gasteiger partial charge in [0.15, 0.2) is 0 Å². The molecule has 8 heteroatoms. The van der Waals surface area contributed by atoms with E-state index in [0.717, 1.165) is 31.9 Å². The Balaban J connectivity index is 0.00000132. The first-order valence-electron chi connectivity index (χ1n) is 6.96. The molecule has 1 aliphatic heterocycles. The van der Waals surface area contributed by atoms with Crippen LogP contribution in [0.3, 0.4) is 0 Å². The third kappa shape index (κ3) is 5.06. The molecule has 23 heavy (non-hydrogen) atoms. The van der Waals surface area contributed by atoms with E-state index in [4.69, 9.17) is 0 Å². The van der Waals surface area contributed by atoms with Gasteiger partial charge in [-0.3, -0.25) is 9.78 Å². The molecule has 0 bridgehead atoms. The molecule has 6 nitrogen and oxygen atoms in total. The van der Waals surface area contributed by atoms with Crippen molar-refractivity contribution in [1.29, 1.82) is 0 Å². The average Bonchev–Trinajstić information content (AvgIpc) is 2.57. The Hall–Kier alpha value is -1.89. The van der Waals surface area contributed by atoms with Gasteiger partial charge in [-0.05, 0) is 24.3 Å². The Bertz CT molecular complexity index is 603. The van der Waals surface area contributed by atoms with E-state index in [9.17, 15) is 4.79 Å². The van der Waals surface area contributed by atoms with E-state index in [0.29, 0.717) is 11.4 Å². The van der Waals surface area contributed by atoms with Crippen LogP contribution in [0.4, 0.5) is 11.5 Å². The van der Waals surface area contributed by atoms with Crippen molar-refractivity contribution in [2.45, 2.75) is 0 Å². The van der Waals surface area contributed by atoms with Gasteiger partial charge in [0.2, 0.25) is 0 Å². The fourth-order valence-electron chi connectivity index (χ4n) is 2.26. The van der Waals surface area contributed by atoms with E-state index in [-0.39, 0.29) is 30.7 Å². The van der Waals surface area contributed by atoms with E-state index < -0.39 is 0 Å². The fraction of sp³-hybridized carbons (Fsp3) is 0.267. The van der Waals surface area contributed by atoms with Crippen LogP contribution in [0.1, 0.15) is 10.4 Å². The molecule has 0 unspecified atom stereocenters. The normalized spacial score (nSPS) is 13.5. The van der Waals surface area contributed by atoms with Crippen LogP contribution in [0.2, 0.25) is 0 Å². The van der Waals surface area contributed by atoms with Crippen LogP contribution < -0.4 is 15.5 Å². The second kappa shape index (κ2) is 9.29. The molecule has 0 saturated carbocycles. The van der Waals surface area contributed by atoms with Gasteiger partial charge in [-0.2, -0.15) is 0 Å². The molecular formula is C15H19Cl2N5O. The molecule has 1 aliphatic rings. The number of hydrogen-bond acceptors (Lipinski definition) is 5. The highest BCUT2D eigenvalue weighted by molar-refractivity contribution is 6.03. The van der Waals surface area contributed by atoms with Gasteiger partial charge in [0.1, 0.15) is 5.82 Å². The van der Waals surface area contributed by atoms with Crippen molar-refractivity contribution in [3.05, 3.63) is 48.4 Å². The summed E-state index contributed by atoms with van der Waals surface area (Å²) in [4.78, 5) is 22.5. The maximum Gasteiger partial charge on any atom is 0.258 e. The number of nitrogens with one attached hydrogen (secondary N) is 2. The van der Waals surface area contributed by atoms with Crippen molar-refractivity contribution in [3.63, 3.8) is 0 Å². The van der Waals surface area contributed by atoms with E-state index in [1.165, 1.54) is 6.20 Å². The number of carbonyl (C=O) groups excluding carboxylic acids is 1. The number of pyridine rings is 2. The maximum absolute atomic E-state index is 12.0. The molecular weight excluding hydrogens is 337 g/mol. The van der Waals surface area contributed by atoms with E-state index in [1.807, 2.05) is 12.1 Å². The number of anilines is 2. The maximum atomic E-state index is 12.0. The first-order chi connectivity index (χ1) is 10.3. The van der Waals surface area contributed by atoms with Gasteiger partial charge < -0.3 is 15.5 Å². The highest BCUT2D eigenvalue weighted by atomic mass is 35.5. The highest BCUT2D eigenvalue weighted by Crippen LogP contribution is 2.16. The number of hydrogen-bond donors (Lipinski definition) is 2. The summed E-state index contributed by atoms with van der Waals surface area (Å²) in [6.07, 6.45) is 4.96. The third-order valence-electron chi connectivity index (χ3n) is 3.40. The van der Waals surface area contributed by atoms with Crippen LogP contribution in [0.15, 0.2) is 42.9 Å². The molecule has 1 saturated heterocycles. The SMILES string of the molecule is Cl.Cl.O=C(Nc1ccc(N2CCNCC2)cn1)c1cccnc1. The van der Waals surface area contributed by atoms with Gasteiger partial charge in [-0.15, -0.1) is 24.8 Å². The second-order valence-electron chi connectivity index (χ2n) is 4.83. The lowest BCUT2D eigenvalue weighted by atomic mass is 10.2. The highest BCUT2D eigenvalue weighted by Gasteiger charge is 2.11. The monoisotopic (exact) mass is 355 g/mol. The standard InChI is InChI=1S/C15H17N5O.2ClH/c21-15(12-2-1-5-17-10-12)19-14-4-3-13(11-18-14)20-8-6-16-7-9-20;;/h1-5,10-11,16H,6-9H2,(H,18,19,21);2*1H. The predicted octanol–water partition coefficient (Wildman–Crippen LogP) is 1.98. The summed E-state index contributed by atoms with van der Waals surface area (Å²) in [5.41, 5.74) is 1.60. The quantitative estimate of drug-likeness (QED) is 0.880. The van der Waals surface area contributed by atoms with E-state index in [1.54, 1.807) is 24.5 Å². The lowest BCUT2D eigenvalue weighted by Gasteiger charge is -2.29. The number of amides is 1. The average molecular weight is 356 g/mol. The molecule has 124 valence electrons. The van der Waals surface area contributed by atoms with Crippen LogP contribution in [-0.4, -0.2) is 42.1 Å². The molecule has 2 aromatic heterocycles. The zero-order valence-electron chi connectivity index (χ0n) is 12.4. The molecule has 0 spiro atoms. The van der Waals surface area contributed by atoms with Crippen LogP contribution in [0.25, 0.3) is 0 Å². The summed E-state index contributed by atoms with van der Waals surface area (Å²) in [6.45, 7) is 3.92. The minimum absolute atomic E-state index is 0. The first-order valence-corrected chi connectivity index (χ1v) is 6.96. The number of carbonyl (C=O) groups is 1. The molecule has 3 heterocycles. The third-order valence-corrected chi connectivity index (χ3v) is 3.40. The number of rotatable bonds is 3. The van der Waals surface area contributed by atoms with Crippen molar-refractivity contribution in [1.82, 2.24) is 15.3 Å². The Morgan fingerprint density at radius 2 is 1.91 bits per heavy atom. The zero-order valence-corrected chi connectivity index (χ0v) is 14.1. The molecule has 2 aromatic rings. The van der Waals surface area contributed by atoms with Crippen LogP contribution >= 0.6 is 24.8 Å². The smallest absolute Gasteiger partial charge is 0.258 e. The largest absolute Gasteiger partial charge is 0.368 e. The van der Waals surface area contributed by atoms with Crippen LogP contribution in [-0.2, 0) is 0 Å². The van der Waals surface area contributed by atoms with Crippen molar-refractivity contribution >= 4 is 42.2 Å². The van der Waals surface area contributed by atoms with Crippen molar-refractivity contribution in [3.8, 4) is 0 Å². The fourth-order valence-corrected chi connectivity index (χ4v) is 2.26. The molecule has 1 amide bonds. The number of piperazine rings is 1. The van der Waals surface area contributed by atoms with Crippen molar-refractivity contribution in [2.24, 2.45) is 0 Å². The van der Waals surface area contributed by atoms with Gasteiger partial charge >= 0.3 is 0 Å². The van der Waals surface area contributed by atoms with E-state index in [2.05, 4.69) is 25.5 Å². The number of aromatic nitrogens is 2. The zero-order chi connectivity index (χ0) is 14.5. The number of halogens is 2. The summed E-state index contributed by atoms with van der Waals surface area (Å²) in [5.74, 6) is 0.341. The molecule has 0 atom stereocenters. The molecule has 2 N–H and O–H groups in total. The van der Waals surface area contributed by atoms with E-state index >= 15 is 0 Å². The van der Waals surface area contributed by atoms with Crippen LogP contribution in [0, 0.1) is 0 Å². The van der Waals surface area contributed by atoms with Crippen molar-refractivity contribution < 1.29 is 4.79 Å². The minimum atomic E-state index is -0.203. The lowest BCUT2D eigenvalue weighted by Crippen LogP contribution is -2.43. The predicted molar refractivity (Wildman–Crippen MR) is 96.0 cm³/mol. The van der Waals surface area contributed by atoms with Crippen molar-refractivity contribution in [2.75, 3.05) is 36.4 Å². The second-order valence-corrected chi connectivity index (χ2v) is 4.83. The molecule has 0 radical (unpaired) electrons. The Labute approximate surface area is 147 Å². The first kappa shape index (κ1) is 19.2. The summed E-state index contributed by atoms with van der Waals surface area (Å²) in [7, 11) is 0. The topological polar surface area (TPSA) is 70.2 Å². The van der Waals surface area contributed by atoms with Gasteiger partial charge in [0.05, 0.1) is 17.4 Å². The summed E-state index contributed by atoms with van der Waals surface area (Å²) in [6, 6.07) is 7.26. The van der Waals surface area contributed by atoms with Gasteiger partial charge in [0.25, 0.3) is 5.91 Å².